The number of halogens is 1. The number of hydrogen-bond acceptors (Lipinski definition) is 4. The summed E-state index contributed by atoms with van der Waals surface area (Å²) in [5, 5.41) is 0. The molecule has 6 nitrogen and oxygen atoms in total. The maximum Gasteiger partial charge on any atom is 0.324 e. The van der Waals surface area contributed by atoms with Crippen LogP contribution in [0.2, 0.25) is 0 Å². The molecule has 7 heteroatoms. The number of rotatable bonds is 9. The number of amides is 2. The summed E-state index contributed by atoms with van der Waals surface area (Å²) >= 11 is 0. The van der Waals surface area contributed by atoms with Gasteiger partial charge >= 0.3 is 6.03 Å². The van der Waals surface area contributed by atoms with Crippen molar-refractivity contribution in [3.8, 4) is 5.75 Å². The summed E-state index contributed by atoms with van der Waals surface area (Å²) in [6.45, 7) is 5.55. The van der Waals surface area contributed by atoms with Crippen LogP contribution in [0.3, 0.4) is 0 Å². The quantitative estimate of drug-likeness (QED) is 0.467. The van der Waals surface area contributed by atoms with Crippen molar-refractivity contribution in [1.82, 2.24) is 4.90 Å². The third-order valence-corrected chi connectivity index (χ3v) is 6.91. The molecule has 1 fully saturated rings. The number of benzene rings is 2. The molecule has 0 atom stereocenters. The molecule has 34 heavy (non-hydrogen) atoms. The first-order valence-electron chi connectivity index (χ1n) is 12.0. The molecular weight excluding hydrogens is 435 g/mol. The molecule has 2 aromatic carbocycles. The van der Waals surface area contributed by atoms with Gasteiger partial charge in [-0.15, -0.1) is 0 Å². The fraction of sp³-hybridized carbons (Fsp3) is 0.519. The molecule has 0 aliphatic heterocycles. The van der Waals surface area contributed by atoms with Crippen LogP contribution in [0.5, 0.6) is 5.75 Å². The lowest BCUT2D eigenvalue weighted by molar-refractivity contribution is -0.0764. The van der Waals surface area contributed by atoms with E-state index < -0.39 is 5.60 Å². The van der Waals surface area contributed by atoms with Crippen LogP contribution in [0.15, 0.2) is 42.5 Å². The van der Waals surface area contributed by atoms with Crippen molar-refractivity contribution >= 4 is 11.7 Å². The van der Waals surface area contributed by atoms with E-state index in [0.29, 0.717) is 25.4 Å². The summed E-state index contributed by atoms with van der Waals surface area (Å²) in [7, 11) is 5.18. The fourth-order valence-corrected chi connectivity index (χ4v) is 4.61. The molecule has 0 unspecified atom stereocenters. The molecule has 0 N–H and O–H groups in total. The second-order valence-electron chi connectivity index (χ2n) is 8.78. The van der Waals surface area contributed by atoms with E-state index >= 15 is 0 Å². The van der Waals surface area contributed by atoms with Gasteiger partial charge in [-0.05, 0) is 74.9 Å². The minimum Gasteiger partial charge on any atom is -0.489 e. The Hall–Kier alpha value is -2.64. The zero-order chi connectivity index (χ0) is 24.7. The minimum absolute atomic E-state index is 0.0344. The standard InChI is InChI=1S/C27H37FN2O4/c1-6-30(7-2)26(31)29(3)23-10-8-20(9-11-23)19-34-25-17-21(16-22(28)18-25)27(33-5)14-12-24(32-4)13-15-27/h8-11,16-18,24H,6-7,12-15,19H2,1-5H3/t24-,27+. The molecule has 0 saturated heterocycles. The third-order valence-electron chi connectivity index (χ3n) is 6.91. The van der Waals surface area contributed by atoms with Gasteiger partial charge < -0.3 is 19.1 Å². The Labute approximate surface area is 202 Å². The average molecular weight is 473 g/mol. The molecule has 1 saturated carbocycles. The Bertz CT molecular complexity index is 938. The first-order valence-corrected chi connectivity index (χ1v) is 12.0. The van der Waals surface area contributed by atoms with Crippen molar-refractivity contribution in [2.75, 3.05) is 39.3 Å². The van der Waals surface area contributed by atoms with Gasteiger partial charge in [-0.3, -0.25) is 4.90 Å². The lowest BCUT2D eigenvalue weighted by Crippen LogP contribution is -2.41. The van der Waals surface area contributed by atoms with Crippen molar-refractivity contribution in [3.63, 3.8) is 0 Å². The van der Waals surface area contributed by atoms with Crippen LogP contribution < -0.4 is 9.64 Å². The zero-order valence-corrected chi connectivity index (χ0v) is 21.0. The van der Waals surface area contributed by atoms with Crippen molar-refractivity contribution in [1.29, 1.82) is 0 Å². The Balaban J connectivity index is 1.68. The molecule has 186 valence electrons. The summed E-state index contributed by atoms with van der Waals surface area (Å²) in [4.78, 5) is 16.0. The summed E-state index contributed by atoms with van der Waals surface area (Å²) in [6.07, 6.45) is 3.50. The maximum absolute atomic E-state index is 14.5. The minimum atomic E-state index is -0.529. The number of carbonyl (C=O) groups excluding carboxylic acids is 1. The van der Waals surface area contributed by atoms with Gasteiger partial charge in [0.1, 0.15) is 18.2 Å². The summed E-state index contributed by atoms with van der Waals surface area (Å²) in [5.41, 5.74) is 2.01. The molecule has 2 amide bonds. The van der Waals surface area contributed by atoms with E-state index in [0.717, 1.165) is 42.5 Å². The van der Waals surface area contributed by atoms with Gasteiger partial charge in [0.05, 0.1) is 11.7 Å². The average Bonchev–Trinajstić information content (AvgIpc) is 2.87. The zero-order valence-electron chi connectivity index (χ0n) is 21.0. The van der Waals surface area contributed by atoms with Crippen molar-refractivity contribution in [2.45, 2.75) is 57.8 Å². The van der Waals surface area contributed by atoms with E-state index in [-0.39, 0.29) is 18.0 Å². The highest BCUT2D eigenvalue weighted by Gasteiger charge is 2.37. The Morgan fingerprint density at radius 3 is 2.26 bits per heavy atom. The Morgan fingerprint density at radius 2 is 1.71 bits per heavy atom. The van der Waals surface area contributed by atoms with Gasteiger partial charge in [0.2, 0.25) is 0 Å². The normalized spacial score (nSPS) is 20.1. The number of ether oxygens (including phenoxy) is 3. The molecule has 0 heterocycles. The van der Waals surface area contributed by atoms with Gasteiger partial charge in [-0.25, -0.2) is 9.18 Å². The topological polar surface area (TPSA) is 51.2 Å². The number of carbonyl (C=O) groups is 1. The van der Waals surface area contributed by atoms with Crippen LogP contribution in [-0.4, -0.2) is 51.4 Å². The lowest BCUT2D eigenvalue weighted by Gasteiger charge is -2.39. The molecular formula is C27H37FN2O4. The summed E-state index contributed by atoms with van der Waals surface area (Å²) in [5.74, 6) is 0.128. The highest BCUT2D eigenvalue weighted by molar-refractivity contribution is 5.91. The number of hydrogen-bond donors (Lipinski definition) is 0. The predicted molar refractivity (Wildman–Crippen MR) is 132 cm³/mol. The maximum atomic E-state index is 14.5. The number of nitrogens with zero attached hydrogens (tertiary/aromatic N) is 2. The highest BCUT2D eigenvalue weighted by Crippen LogP contribution is 2.42. The largest absolute Gasteiger partial charge is 0.489 e. The van der Waals surface area contributed by atoms with E-state index in [1.807, 2.05) is 44.2 Å². The molecule has 1 aliphatic carbocycles. The van der Waals surface area contributed by atoms with Crippen LogP contribution in [0, 0.1) is 5.82 Å². The number of methoxy groups -OCH3 is 2. The molecule has 0 aromatic heterocycles. The van der Waals surface area contributed by atoms with E-state index in [4.69, 9.17) is 14.2 Å². The fourth-order valence-electron chi connectivity index (χ4n) is 4.61. The van der Waals surface area contributed by atoms with Crippen LogP contribution in [0.25, 0.3) is 0 Å². The van der Waals surface area contributed by atoms with Gasteiger partial charge in [0, 0.05) is 46.1 Å². The van der Waals surface area contributed by atoms with E-state index in [1.54, 1.807) is 37.1 Å². The Kier molecular flexibility index (Phi) is 8.91. The molecule has 2 aromatic rings. The second-order valence-corrected chi connectivity index (χ2v) is 8.78. The van der Waals surface area contributed by atoms with E-state index in [1.165, 1.54) is 6.07 Å². The molecule has 0 radical (unpaired) electrons. The first-order chi connectivity index (χ1) is 16.4. The van der Waals surface area contributed by atoms with Gasteiger partial charge in [0.15, 0.2) is 0 Å². The number of anilines is 1. The third kappa shape index (κ3) is 5.88. The Morgan fingerprint density at radius 1 is 1.06 bits per heavy atom. The number of urea groups is 1. The van der Waals surface area contributed by atoms with Gasteiger partial charge in [-0.2, -0.15) is 0 Å². The first kappa shape index (κ1) is 26.0. The monoisotopic (exact) mass is 472 g/mol. The highest BCUT2D eigenvalue weighted by atomic mass is 19.1. The molecule has 1 aliphatic rings. The van der Waals surface area contributed by atoms with Crippen LogP contribution in [-0.2, 0) is 21.7 Å². The molecule has 0 bridgehead atoms. The van der Waals surface area contributed by atoms with Crippen LogP contribution >= 0.6 is 0 Å². The second kappa shape index (κ2) is 11.7. The SMILES string of the molecule is CCN(CC)C(=O)N(C)c1ccc(COc2cc(F)cc([C@]3(OC)CC[C@@H](OC)CC3)c2)cc1. The smallest absolute Gasteiger partial charge is 0.324 e. The van der Waals surface area contributed by atoms with Gasteiger partial charge in [0.25, 0.3) is 0 Å². The van der Waals surface area contributed by atoms with Crippen molar-refractivity contribution in [2.24, 2.45) is 0 Å². The summed E-state index contributed by atoms with van der Waals surface area (Å²) in [6, 6.07) is 12.4. The lowest BCUT2D eigenvalue weighted by atomic mass is 9.78. The van der Waals surface area contributed by atoms with Crippen LogP contribution in [0.4, 0.5) is 14.9 Å². The van der Waals surface area contributed by atoms with E-state index in [2.05, 4.69) is 0 Å². The predicted octanol–water partition coefficient (Wildman–Crippen LogP) is 5.73. The van der Waals surface area contributed by atoms with Crippen LogP contribution in [0.1, 0.15) is 50.7 Å². The van der Waals surface area contributed by atoms with Crippen molar-refractivity contribution < 1.29 is 23.4 Å². The van der Waals surface area contributed by atoms with Gasteiger partial charge in [-0.1, -0.05) is 12.1 Å². The van der Waals surface area contributed by atoms with Crippen molar-refractivity contribution in [3.05, 3.63) is 59.4 Å². The van der Waals surface area contributed by atoms with E-state index in [9.17, 15) is 9.18 Å². The molecule has 0 spiro atoms. The summed E-state index contributed by atoms with van der Waals surface area (Å²) < 4.78 is 31.8. The molecule has 3 rings (SSSR count).